The molecule has 0 aromatic carbocycles. The molecule has 1 aliphatic carbocycles. The highest BCUT2D eigenvalue weighted by molar-refractivity contribution is 7.89. The number of nitrogens with zero attached hydrogens (tertiary/aromatic N) is 1. The molecular formula is C13H21N3O4S. The number of H-pyrrole nitrogens is 1. The molecule has 1 saturated heterocycles. The Hall–Kier alpha value is -0.960. The highest BCUT2D eigenvalue weighted by Gasteiger charge is 2.41. The predicted molar refractivity (Wildman–Crippen MR) is 75.2 cm³/mol. The zero-order valence-electron chi connectivity index (χ0n) is 12.1. The quantitative estimate of drug-likeness (QED) is 0.862. The summed E-state index contributed by atoms with van der Waals surface area (Å²) < 4.78 is 38.6. The van der Waals surface area contributed by atoms with Crippen molar-refractivity contribution in [3.8, 4) is 0 Å². The van der Waals surface area contributed by atoms with Crippen molar-refractivity contribution in [3.63, 3.8) is 0 Å². The van der Waals surface area contributed by atoms with Gasteiger partial charge in [0.25, 0.3) is 10.0 Å². The van der Waals surface area contributed by atoms with Gasteiger partial charge < -0.3 is 14.5 Å². The summed E-state index contributed by atoms with van der Waals surface area (Å²) in [5.74, 6) is 0.205. The van der Waals surface area contributed by atoms with Crippen molar-refractivity contribution in [2.24, 2.45) is 0 Å². The van der Waals surface area contributed by atoms with Crippen molar-refractivity contribution in [3.05, 3.63) is 12.0 Å². The second kappa shape index (κ2) is 5.68. The number of imidazole rings is 1. The van der Waals surface area contributed by atoms with Gasteiger partial charge in [-0.1, -0.05) is 6.92 Å². The van der Waals surface area contributed by atoms with Crippen LogP contribution in [-0.2, 0) is 25.9 Å². The van der Waals surface area contributed by atoms with Crippen LogP contribution in [0.1, 0.15) is 38.4 Å². The van der Waals surface area contributed by atoms with Crippen LogP contribution >= 0.6 is 0 Å². The van der Waals surface area contributed by atoms with E-state index in [-0.39, 0.29) is 11.1 Å². The van der Waals surface area contributed by atoms with Gasteiger partial charge in [0.05, 0.1) is 19.4 Å². The molecule has 1 spiro atoms. The fraction of sp³-hybridized carbons (Fsp3) is 0.769. The summed E-state index contributed by atoms with van der Waals surface area (Å²) in [4.78, 5) is 6.87. The van der Waals surface area contributed by atoms with E-state index in [9.17, 15) is 8.42 Å². The molecule has 8 heteroatoms. The summed E-state index contributed by atoms with van der Waals surface area (Å²) in [7, 11) is -3.53. The van der Waals surface area contributed by atoms with Gasteiger partial charge >= 0.3 is 0 Å². The number of aromatic amines is 1. The van der Waals surface area contributed by atoms with Gasteiger partial charge in [0.15, 0.2) is 10.8 Å². The fourth-order valence-corrected chi connectivity index (χ4v) is 4.15. The number of aromatic nitrogens is 2. The van der Waals surface area contributed by atoms with Crippen LogP contribution < -0.4 is 4.72 Å². The van der Waals surface area contributed by atoms with E-state index in [4.69, 9.17) is 9.47 Å². The minimum Gasteiger partial charge on any atom is -0.348 e. The number of sulfonamides is 1. The van der Waals surface area contributed by atoms with Crippen LogP contribution in [0.25, 0.3) is 0 Å². The van der Waals surface area contributed by atoms with Crippen LogP contribution in [0.5, 0.6) is 0 Å². The van der Waals surface area contributed by atoms with Crippen LogP contribution in [0.4, 0.5) is 0 Å². The molecule has 0 radical (unpaired) electrons. The lowest BCUT2D eigenvalue weighted by Crippen LogP contribution is -2.44. The van der Waals surface area contributed by atoms with E-state index < -0.39 is 15.8 Å². The van der Waals surface area contributed by atoms with E-state index >= 15 is 0 Å². The SMILES string of the molecule is CCc1ncc(S(=O)(=O)NC2CCC3(CC2)OCCO3)[nH]1. The Morgan fingerprint density at radius 2 is 2.05 bits per heavy atom. The van der Waals surface area contributed by atoms with Crippen LogP contribution in [0.15, 0.2) is 11.2 Å². The van der Waals surface area contributed by atoms with Crippen molar-refractivity contribution >= 4 is 10.0 Å². The zero-order valence-corrected chi connectivity index (χ0v) is 12.9. The largest absolute Gasteiger partial charge is 0.348 e. The minimum atomic E-state index is -3.53. The first kappa shape index (κ1) is 15.0. The molecule has 3 rings (SSSR count). The molecule has 0 atom stereocenters. The van der Waals surface area contributed by atoms with Crippen molar-refractivity contribution < 1.29 is 17.9 Å². The molecule has 7 nitrogen and oxygen atoms in total. The van der Waals surface area contributed by atoms with Crippen LogP contribution in [0, 0.1) is 0 Å². The number of rotatable bonds is 4. The van der Waals surface area contributed by atoms with E-state index in [1.54, 1.807) is 0 Å². The third-order valence-electron chi connectivity index (χ3n) is 4.11. The van der Waals surface area contributed by atoms with E-state index in [1.165, 1.54) is 6.20 Å². The highest BCUT2D eigenvalue weighted by Crippen LogP contribution is 2.36. The molecule has 21 heavy (non-hydrogen) atoms. The second-order valence-corrected chi connectivity index (χ2v) is 7.23. The maximum absolute atomic E-state index is 12.3. The normalized spacial score (nSPS) is 22.9. The van der Waals surface area contributed by atoms with Crippen LogP contribution in [-0.4, -0.2) is 43.4 Å². The molecular weight excluding hydrogens is 294 g/mol. The van der Waals surface area contributed by atoms with Gasteiger partial charge in [-0.25, -0.2) is 18.1 Å². The Kier molecular flexibility index (Phi) is 4.04. The van der Waals surface area contributed by atoms with Crippen molar-refractivity contribution in [2.75, 3.05) is 13.2 Å². The molecule has 1 aliphatic heterocycles. The predicted octanol–water partition coefficient (Wildman–Crippen LogP) is 0.936. The average molecular weight is 315 g/mol. The molecule has 0 unspecified atom stereocenters. The number of hydrogen-bond donors (Lipinski definition) is 2. The molecule has 0 bridgehead atoms. The van der Waals surface area contributed by atoms with Gasteiger partial charge in [-0.05, 0) is 12.8 Å². The Labute approximate surface area is 124 Å². The lowest BCUT2D eigenvalue weighted by Gasteiger charge is -2.35. The third-order valence-corrected chi connectivity index (χ3v) is 5.54. The number of ether oxygens (including phenoxy) is 2. The Balaban J connectivity index is 1.61. The number of aryl methyl sites for hydroxylation is 1. The van der Waals surface area contributed by atoms with Gasteiger partial charge in [-0.2, -0.15) is 0 Å². The van der Waals surface area contributed by atoms with Crippen molar-refractivity contribution in [2.45, 2.75) is 55.9 Å². The van der Waals surface area contributed by atoms with Gasteiger partial charge in [0.2, 0.25) is 0 Å². The van der Waals surface area contributed by atoms with Gasteiger partial charge in [0, 0.05) is 25.3 Å². The lowest BCUT2D eigenvalue weighted by molar-refractivity contribution is -0.178. The summed E-state index contributed by atoms with van der Waals surface area (Å²) in [6.45, 7) is 3.18. The molecule has 118 valence electrons. The zero-order chi connectivity index (χ0) is 14.9. The summed E-state index contributed by atoms with van der Waals surface area (Å²) in [6, 6.07) is -0.0817. The Bertz CT molecular complexity index is 582. The fourth-order valence-electron chi connectivity index (χ4n) is 2.90. The maximum atomic E-state index is 12.3. The van der Waals surface area contributed by atoms with Gasteiger partial charge in [0.1, 0.15) is 5.82 Å². The number of hydrogen-bond acceptors (Lipinski definition) is 5. The first-order valence-electron chi connectivity index (χ1n) is 7.37. The average Bonchev–Trinajstić information content (AvgIpc) is 3.11. The summed E-state index contributed by atoms with van der Waals surface area (Å²) in [6.07, 6.45) is 4.93. The minimum absolute atomic E-state index is 0.0817. The molecule has 0 amide bonds. The molecule has 2 fully saturated rings. The molecule has 2 heterocycles. The molecule has 2 N–H and O–H groups in total. The smallest absolute Gasteiger partial charge is 0.257 e. The monoisotopic (exact) mass is 315 g/mol. The van der Waals surface area contributed by atoms with Gasteiger partial charge in [-0.15, -0.1) is 0 Å². The first-order valence-corrected chi connectivity index (χ1v) is 8.85. The summed E-state index contributed by atoms with van der Waals surface area (Å²) >= 11 is 0. The summed E-state index contributed by atoms with van der Waals surface area (Å²) in [5, 5.41) is 0.132. The van der Waals surface area contributed by atoms with E-state index in [0.29, 0.717) is 38.3 Å². The Morgan fingerprint density at radius 3 is 2.62 bits per heavy atom. The molecule has 1 aromatic heterocycles. The van der Waals surface area contributed by atoms with E-state index in [1.807, 2.05) is 6.92 Å². The first-order chi connectivity index (χ1) is 10.0. The Morgan fingerprint density at radius 1 is 1.38 bits per heavy atom. The van der Waals surface area contributed by atoms with Crippen LogP contribution in [0.2, 0.25) is 0 Å². The lowest BCUT2D eigenvalue weighted by atomic mass is 9.91. The van der Waals surface area contributed by atoms with Crippen molar-refractivity contribution in [1.29, 1.82) is 0 Å². The van der Waals surface area contributed by atoms with Crippen LogP contribution in [0.3, 0.4) is 0 Å². The summed E-state index contributed by atoms with van der Waals surface area (Å²) in [5.41, 5.74) is 0. The topological polar surface area (TPSA) is 93.3 Å². The molecule has 2 aliphatic rings. The van der Waals surface area contributed by atoms with E-state index in [2.05, 4.69) is 14.7 Å². The van der Waals surface area contributed by atoms with E-state index in [0.717, 1.165) is 12.8 Å². The standard InChI is InChI=1S/C13H21N3O4S/c1-2-11-14-9-12(15-11)21(17,18)16-10-3-5-13(6-4-10)19-7-8-20-13/h9-10,16H,2-8H2,1H3,(H,14,15). The maximum Gasteiger partial charge on any atom is 0.257 e. The second-order valence-electron chi connectivity index (χ2n) is 5.55. The molecule has 1 aromatic rings. The number of nitrogens with one attached hydrogen (secondary N) is 2. The third kappa shape index (κ3) is 3.13. The molecule has 1 saturated carbocycles. The van der Waals surface area contributed by atoms with Gasteiger partial charge in [-0.3, -0.25) is 0 Å². The van der Waals surface area contributed by atoms with Crippen molar-refractivity contribution in [1.82, 2.24) is 14.7 Å². The highest BCUT2D eigenvalue weighted by atomic mass is 32.2.